The zero-order valence-corrected chi connectivity index (χ0v) is 12.8. The third-order valence-corrected chi connectivity index (χ3v) is 2.58. The molecule has 0 saturated carbocycles. The summed E-state index contributed by atoms with van der Waals surface area (Å²) in [5, 5.41) is 0. The molecule has 0 radical (unpaired) electrons. The number of carbonyl (C=O) groups excluding carboxylic acids is 2. The van der Waals surface area contributed by atoms with E-state index in [1.165, 1.54) is 0 Å². The fourth-order valence-electron chi connectivity index (χ4n) is 1.83. The largest absolute Gasteiger partial charge is 0.460 e. The van der Waals surface area contributed by atoms with Crippen molar-refractivity contribution in [2.75, 3.05) is 13.1 Å². The van der Waals surface area contributed by atoms with Gasteiger partial charge in [-0.2, -0.15) is 0 Å². The normalized spacial score (nSPS) is 20.3. The molecule has 0 aromatic carbocycles. The van der Waals surface area contributed by atoms with Gasteiger partial charge in [0.25, 0.3) is 0 Å². The number of ether oxygens (including phenoxy) is 2. The summed E-state index contributed by atoms with van der Waals surface area (Å²) in [4.78, 5) is 25.3. The average molecular weight is 271 g/mol. The fourth-order valence-corrected chi connectivity index (χ4v) is 1.83. The van der Waals surface area contributed by atoms with Crippen molar-refractivity contribution in [2.24, 2.45) is 5.92 Å². The molecule has 1 amide bonds. The van der Waals surface area contributed by atoms with Gasteiger partial charge in [-0.15, -0.1) is 0 Å². The quantitative estimate of drug-likeness (QED) is 0.688. The van der Waals surface area contributed by atoms with Crippen LogP contribution in [0, 0.1) is 5.92 Å². The minimum Gasteiger partial charge on any atom is -0.460 e. The van der Waals surface area contributed by atoms with Gasteiger partial charge in [0.05, 0.1) is 5.92 Å². The van der Waals surface area contributed by atoms with Crippen molar-refractivity contribution in [1.82, 2.24) is 4.90 Å². The molecule has 5 nitrogen and oxygen atoms in total. The van der Waals surface area contributed by atoms with Crippen LogP contribution in [0.5, 0.6) is 0 Å². The van der Waals surface area contributed by atoms with Crippen molar-refractivity contribution in [3.05, 3.63) is 0 Å². The molecule has 5 heteroatoms. The molecule has 0 aromatic heterocycles. The molecule has 1 atom stereocenters. The lowest BCUT2D eigenvalue weighted by Gasteiger charge is -2.25. The Morgan fingerprint density at radius 1 is 1.00 bits per heavy atom. The Hall–Kier alpha value is -1.26. The Morgan fingerprint density at radius 3 is 2.00 bits per heavy atom. The first-order valence-electron chi connectivity index (χ1n) is 6.69. The molecule has 0 aliphatic carbocycles. The maximum Gasteiger partial charge on any atom is 0.410 e. The van der Waals surface area contributed by atoms with Crippen LogP contribution in [0.4, 0.5) is 4.79 Å². The van der Waals surface area contributed by atoms with E-state index in [0.29, 0.717) is 19.5 Å². The van der Waals surface area contributed by atoms with E-state index < -0.39 is 11.2 Å². The fraction of sp³-hybridized carbons (Fsp3) is 0.857. The van der Waals surface area contributed by atoms with Crippen LogP contribution in [0.2, 0.25) is 0 Å². The highest BCUT2D eigenvalue weighted by Crippen LogP contribution is 2.22. The highest BCUT2D eigenvalue weighted by Gasteiger charge is 2.35. The molecular weight excluding hydrogens is 246 g/mol. The van der Waals surface area contributed by atoms with E-state index >= 15 is 0 Å². The molecule has 19 heavy (non-hydrogen) atoms. The summed E-state index contributed by atoms with van der Waals surface area (Å²) in [7, 11) is 0. The first kappa shape index (κ1) is 15.8. The second-order valence-electron chi connectivity index (χ2n) is 6.95. The van der Waals surface area contributed by atoms with E-state index in [0.717, 1.165) is 0 Å². The molecule has 1 fully saturated rings. The molecule has 1 rings (SSSR count). The number of carbonyl (C=O) groups is 2. The number of hydrogen-bond acceptors (Lipinski definition) is 4. The molecule has 1 unspecified atom stereocenters. The Bertz CT molecular complexity index is 317. The Labute approximate surface area is 115 Å². The molecular formula is C14H25NO4. The average Bonchev–Trinajstić information content (AvgIpc) is 2.60. The number of hydrogen-bond donors (Lipinski definition) is 0. The van der Waals surface area contributed by atoms with Gasteiger partial charge >= 0.3 is 12.1 Å². The van der Waals surface area contributed by atoms with Crippen LogP contribution in [0.25, 0.3) is 0 Å². The van der Waals surface area contributed by atoms with Crippen LogP contribution in [-0.2, 0) is 14.3 Å². The topological polar surface area (TPSA) is 55.8 Å². The Balaban J connectivity index is 2.50. The maximum absolute atomic E-state index is 11.9. The predicted molar refractivity (Wildman–Crippen MR) is 71.8 cm³/mol. The van der Waals surface area contributed by atoms with Crippen molar-refractivity contribution in [3.8, 4) is 0 Å². The van der Waals surface area contributed by atoms with Gasteiger partial charge < -0.3 is 14.4 Å². The molecule has 1 saturated heterocycles. The third kappa shape index (κ3) is 5.49. The van der Waals surface area contributed by atoms with Crippen molar-refractivity contribution < 1.29 is 19.1 Å². The van der Waals surface area contributed by atoms with Crippen molar-refractivity contribution in [3.63, 3.8) is 0 Å². The smallest absolute Gasteiger partial charge is 0.410 e. The molecule has 1 aliphatic rings. The summed E-state index contributed by atoms with van der Waals surface area (Å²) < 4.78 is 10.6. The van der Waals surface area contributed by atoms with Crippen LogP contribution in [0.3, 0.4) is 0 Å². The first-order chi connectivity index (χ1) is 8.48. The van der Waals surface area contributed by atoms with Gasteiger partial charge in [-0.25, -0.2) is 4.79 Å². The molecule has 0 spiro atoms. The van der Waals surface area contributed by atoms with E-state index in [2.05, 4.69) is 0 Å². The molecule has 0 bridgehead atoms. The molecule has 1 aliphatic heterocycles. The van der Waals surface area contributed by atoms with Crippen molar-refractivity contribution in [2.45, 2.75) is 59.2 Å². The second kappa shape index (κ2) is 5.39. The van der Waals surface area contributed by atoms with Crippen LogP contribution in [0.15, 0.2) is 0 Å². The zero-order chi connectivity index (χ0) is 14.8. The SMILES string of the molecule is CC(C)(C)OC(=O)C1CCN(C(=O)OC(C)(C)C)C1. The van der Waals surface area contributed by atoms with Crippen LogP contribution in [-0.4, -0.2) is 41.3 Å². The van der Waals surface area contributed by atoms with Crippen LogP contribution in [0.1, 0.15) is 48.0 Å². The van der Waals surface area contributed by atoms with Gasteiger partial charge in [0, 0.05) is 13.1 Å². The number of nitrogens with zero attached hydrogens (tertiary/aromatic N) is 1. The molecule has 0 N–H and O–H groups in total. The van der Waals surface area contributed by atoms with Gasteiger partial charge in [0.1, 0.15) is 11.2 Å². The lowest BCUT2D eigenvalue weighted by Crippen LogP contribution is -2.36. The monoisotopic (exact) mass is 271 g/mol. The summed E-state index contributed by atoms with van der Waals surface area (Å²) in [6.45, 7) is 11.9. The first-order valence-corrected chi connectivity index (χ1v) is 6.69. The predicted octanol–water partition coefficient (Wildman–Crippen LogP) is 2.59. The standard InChI is InChI=1S/C14H25NO4/c1-13(2,3)18-11(16)10-7-8-15(9-10)12(17)19-14(4,5)6/h10H,7-9H2,1-6H3. The summed E-state index contributed by atoms with van der Waals surface area (Å²) >= 11 is 0. The van der Waals surface area contributed by atoms with E-state index in [-0.39, 0.29) is 18.0 Å². The summed E-state index contributed by atoms with van der Waals surface area (Å²) in [6, 6.07) is 0. The third-order valence-electron chi connectivity index (χ3n) is 2.58. The lowest BCUT2D eigenvalue weighted by molar-refractivity contribution is -0.159. The molecule has 1 heterocycles. The summed E-state index contributed by atoms with van der Waals surface area (Å²) in [5.74, 6) is -0.481. The van der Waals surface area contributed by atoms with Gasteiger partial charge in [-0.1, -0.05) is 0 Å². The number of amides is 1. The second-order valence-corrected chi connectivity index (χ2v) is 6.95. The maximum atomic E-state index is 11.9. The zero-order valence-electron chi connectivity index (χ0n) is 12.8. The lowest BCUT2D eigenvalue weighted by atomic mass is 10.1. The highest BCUT2D eigenvalue weighted by atomic mass is 16.6. The van der Waals surface area contributed by atoms with Gasteiger partial charge in [-0.05, 0) is 48.0 Å². The van der Waals surface area contributed by atoms with E-state index in [9.17, 15) is 9.59 Å². The van der Waals surface area contributed by atoms with Crippen LogP contribution < -0.4 is 0 Å². The summed E-state index contributed by atoms with van der Waals surface area (Å²) in [5.41, 5.74) is -1.00. The minimum atomic E-state index is -0.513. The van der Waals surface area contributed by atoms with Crippen LogP contribution >= 0.6 is 0 Å². The van der Waals surface area contributed by atoms with E-state index in [1.807, 2.05) is 41.5 Å². The number of likely N-dealkylation sites (tertiary alicyclic amines) is 1. The number of rotatable bonds is 1. The minimum absolute atomic E-state index is 0.237. The van der Waals surface area contributed by atoms with Gasteiger partial charge in [0.15, 0.2) is 0 Å². The Kier molecular flexibility index (Phi) is 4.48. The van der Waals surface area contributed by atoms with Gasteiger partial charge in [0.2, 0.25) is 0 Å². The molecule has 110 valence electrons. The van der Waals surface area contributed by atoms with Crippen molar-refractivity contribution >= 4 is 12.1 Å². The highest BCUT2D eigenvalue weighted by molar-refractivity contribution is 5.76. The molecule has 0 aromatic rings. The number of esters is 1. The van der Waals surface area contributed by atoms with E-state index in [4.69, 9.17) is 9.47 Å². The van der Waals surface area contributed by atoms with Crippen molar-refractivity contribution in [1.29, 1.82) is 0 Å². The Morgan fingerprint density at radius 2 is 1.53 bits per heavy atom. The summed E-state index contributed by atoms with van der Waals surface area (Å²) in [6.07, 6.45) is 0.271. The van der Waals surface area contributed by atoms with E-state index in [1.54, 1.807) is 4.90 Å². The van der Waals surface area contributed by atoms with Gasteiger partial charge in [-0.3, -0.25) is 4.79 Å².